The second-order valence-electron chi connectivity index (χ2n) is 3.14. The maximum Gasteiger partial charge on any atom is 0.331 e. The Hall–Kier alpha value is -1.23. The van der Waals surface area contributed by atoms with Gasteiger partial charge in [0.05, 0.1) is 0 Å². The summed E-state index contributed by atoms with van der Waals surface area (Å²) in [5.41, 5.74) is 0.0601. The highest BCUT2D eigenvalue weighted by atomic mass is 32.1. The summed E-state index contributed by atoms with van der Waals surface area (Å²) in [5, 5.41) is 17.7. The van der Waals surface area contributed by atoms with Gasteiger partial charge < -0.3 is 10.2 Å². The Morgan fingerprint density at radius 2 is 2.07 bits per heavy atom. The molecule has 0 aromatic rings. The molecule has 2 atom stereocenters. The van der Waals surface area contributed by atoms with Crippen LogP contribution in [0.2, 0.25) is 0 Å². The number of carbonyl (C=O) groups is 2. The molecule has 0 aromatic heterocycles. The molecule has 2 unspecified atom stereocenters. The number of rotatable bonds is 2. The Morgan fingerprint density at radius 3 is 2.50 bits per heavy atom. The van der Waals surface area contributed by atoms with Crippen LogP contribution in [0.15, 0.2) is 23.8 Å². The van der Waals surface area contributed by atoms with Crippen molar-refractivity contribution < 1.29 is 19.8 Å². The SMILES string of the molecule is CC1C(C(=O)O)=CC=CC1(S)C(=O)O. The van der Waals surface area contributed by atoms with Crippen molar-refractivity contribution in [3.8, 4) is 0 Å². The predicted molar refractivity (Wildman–Crippen MR) is 53.4 cm³/mol. The minimum Gasteiger partial charge on any atom is -0.480 e. The van der Waals surface area contributed by atoms with Crippen LogP contribution in [-0.2, 0) is 9.59 Å². The molecule has 0 fully saturated rings. The van der Waals surface area contributed by atoms with E-state index in [1.54, 1.807) is 0 Å². The molecular weight excluding hydrogens is 204 g/mol. The summed E-state index contributed by atoms with van der Waals surface area (Å²) in [6.07, 6.45) is 4.19. The summed E-state index contributed by atoms with van der Waals surface area (Å²) >= 11 is 4.00. The van der Waals surface area contributed by atoms with E-state index in [-0.39, 0.29) is 5.57 Å². The molecule has 14 heavy (non-hydrogen) atoms. The van der Waals surface area contributed by atoms with E-state index in [1.807, 2.05) is 0 Å². The van der Waals surface area contributed by atoms with Gasteiger partial charge in [0.15, 0.2) is 0 Å². The quantitative estimate of drug-likeness (QED) is 0.598. The van der Waals surface area contributed by atoms with Gasteiger partial charge >= 0.3 is 11.9 Å². The van der Waals surface area contributed by atoms with E-state index in [2.05, 4.69) is 12.6 Å². The van der Waals surface area contributed by atoms with Gasteiger partial charge in [-0.05, 0) is 0 Å². The Balaban J connectivity index is 3.11. The van der Waals surface area contributed by atoms with Crippen LogP contribution in [-0.4, -0.2) is 26.9 Å². The van der Waals surface area contributed by atoms with Gasteiger partial charge in [0.25, 0.3) is 0 Å². The van der Waals surface area contributed by atoms with Crippen LogP contribution < -0.4 is 0 Å². The van der Waals surface area contributed by atoms with Gasteiger partial charge in [0.2, 0.25) is 0 Å². The van der Waals surface area contributed by atoms with E-state index in [9.17, 15) is 9.59 Å². The molecule has 0 heterocycles. The lowest BCUT2D eigenvalue weighted by Crippen LogP contribution is -2.41. The summed E-state index contributed by atoms with van der Waals surface area (Å²) in [5.74, 6) is -2.91. The van der Waals surface area contributed by atoms with Crippen LogP contribution >= 0.6 is 12.6 Å². The first-order chi connectivity index (χ1) is 6.39. The maximum absolute atomic E-state index is 10.9. The number of hydrogen-bond donors (Lipinski definition) is 3. The van der Waals surface area contributed by atoms with E-state index in [4.69, 9.17) is 10.2 Å². The monoisotopic (exact) mass is 214 g/mol. The van der Waals surface area contributed by atoms with Gasteiger partial charge in [0.1, 0.15) is 4.75 Å². The van der Waals surface area contributed by atoms with Crippen LogP contribution in [0.25, 0.3) is 0 Å². The van der Waals surface area contributed by atoms with Crippen molar-refractivity contribution in [2.24, 2.45) is 5.92 Å². The number of thiol groups is 1. The average molecular weight is 214 g/mol. The fourth-order valence-corrected chi connectivity index (χ4v) is 1.56. The summed E-state index contributed by atoms with van der Waals surface area (Å²) < 4.78 is -1.43. The number of allylic oxidation sites excluding steroid dienone is 2. The molecule has 5 heteroatoms. The molecular formula is C9H10O4S. The van der Waals surface area contributed by atoms with E-state index in [0.717, 1.165) is 0 Å². The Morgan fingerprint density at radius 1 is 1.50 bits per heavy atom. The molecule has 0 saturated heterocycles. The van der Waals surface area contributed by atoms with Gasteiger partial charge in [-0.1, -0.05) is 25.2 Å². The van der Waals surface area contributed by atoms with Gasteiger partial charge in [-0.2, -0.15) is 12.6 Å². The zero-order chi connectivity index (χ0) is 10.9. The zero-order valence-electron chi connectivity index (χ0n) is 7.47. The third-order valence-corrected chi connectivity index (χ3v) is 3.07. The van der Waals surface area contributed by atoms with E-state index in [0.29, 0.717) is 0 Å². The number of hydrogen-bond acceptors (Lipinski definition) is 3. The summed E-state index contributed by atoms with van der Waals surface area (Å²) in [7, 11) is 0. The molecule has 0 aromatic carbocycles. The summed E-state index contributed by atoms with van der Waals surface area (Å²) in [6.45, 7) is 1.53. The smallest absolute Gasteiger partial charge is 0.331 e. The van der Waals surface area contributed by atoms with Crippen molar-refractivity contribution in [3.63, 3.8) is 0 Å². The molecule has 1 aliphatic carbocycles. The van der Waals surface area contributed by atoms with E-state index in [1.165, 1.54) is 25.2 Å². The lowest BCUT2D eigenvalue weighted by molar-refractivity contribution is -0.139. The zero-order valence-corrected chi connectivity index (χ0v) is 8.36. The summed E-state index contributed by atoms with van der Waals surface area (Å²) in [4.78, 5) is 21.7. The lowest BCUT2D eigenvalue weighted by atomic mass is 9.82. The fraction of sp³-hybridized carbons (Fsp3) is 0.333. The first-order valence-electron chi connectivity index (χ1n) is 3.98. The maximum atomic E-state index is 10.9. The second-order valence-corrected chi connectivity index (χ2v) is 3.88. The number of carboxylic acid groups (broad SMARTS) is 2. The van der Waals surface area contributed by atoms with Gasteiger partial charge in [0, 0.05) is 11.5 Å². The van der Waals surface area contributed by atoms with Crippen LogP contribution in [0, 0.1) is 5.92 Å². The Labute approximate surface area is 86.3 Å². The lowest BCUT2D eigenvalue weighted by Gasteiger charge is -2.29. The van der Waals surface area contributed by atoms with Crippen molar-refractivity contribution >= 4 is 24.6 Å². The normalized spacial score (nSPS) is 31.0. The van der Waals surface area contributed by atoms with E-state index >= 15 is 0 Å². The standard InChI is InChI=1S/C9H10O4S/c1-5-6(7(10)11)3-2-4-9(5,14)8(12)13/h2-5,14H,1H3,(H,10,11)(H,12,13). The second kappa shape index (κ2) is 3.49. The fourth-order valence-electron chi connectivity index (χ4n) is 1.34. The van der Waals surface area contributed by atoms with Gasteiger partial charge in [-0.25, -0.2) is 4.79 Å². The van der Waals surface area contributed by atoms with Crippen molar-refractivity contribution in [1.29, 1.82) is 0 Å². The molecule has 4 nitrogen and oxygen atoms in total. The average Bonchev–Trinajstić information content (AvgIpc) is 2.09. The third kappa shape index (κ3) is 1.55. The molecule has 0 bridgehead atoms. The largest absolute Gasteiger partial charge is 0.480 e. The van der Waals surface area contributed by atoms with Crippen LogP contribution in [0.5, 0.6) is 0 Å². The molecule has 2 N–H and O–H groups in total. The highest BCUT2D eigenvalue weighted by Gasteiger charge is 2.42. The molecule has 0 radical (unpaired) electrons. The molecule has 0 aliphatic heterocycles. The molecule has 1 aliphatic rings. The first-order valence-corrected chi connectivity index (χ1v) is 4.42. The van der Waals surface area contributed by atoms with Crippen molar-refractivity contribution in [3.05, 3.63) is 23.8 Å². The first kappa shape index (κ1) is 10.8. The summed E-state index contributed by atoms with van der Waals surface area (Å²) in [6, 6.07) is 0. The van der Waals surface area contributed by atoms with Crippen molar-refractivity contribution in [1.82, 2.24) is 0 Å². The Bertz CT molecular complexity index is 345. The topological polar surface area (TPSA) is 74.6 Å². The minimum atomic E-state index is -1.43. The molecule has 76 valence electrons. The van der Waals surface area contributed by atoms with Crippen molar-refractivity contribution in [2.75, 3.05) is 0 Å². The van der Waals surface area contributed by atoms with Gasteiger partial charge in [-0.15, -0.1) is 0 Å². The molecule has 0 saturated carbocycles. The highest BCUT2D eigenvalue weighted by molar-refractivity contribution is 7.83. The molecule has 0 spiro atoms. The van der Waals surface area contributed by atoms with Crippen LogP contribution in [0.3, 0.4) is 0 Å². The molecule has 1 rings (SSSR count). The number of carboxylic acids is 2. The van der Waals surface area contributed by atoms with Gasteiger partial charge in [-0.3, -0.25) is 4.79 Å². The highest BCUT2D eigenvalue weighted by Crippen LogP contribution is 2.35. The van der Waals surface area contributed by atoms with E-state index < -0.39 is 22.6 Å². The van der Waals surface area contributed by atoms with Crippen molar-refractivity contribution in [2.45, 2.75) is 11.7 Å². The predicted octanol–water partition coefficient (Wildman–Crippen LogP) is 0.956. The van der Waals surface area contributed by atoms with Crippen LogP contribution in [0.4, 0.5) is 0 Å². The minimum absolute atomic E-state index is 0.0601. The molecule has 0 amide bonds. The number of aliphatic carboxylic acids is 2. The van der Waals surface area contributed by atoms with Crippen LogP contribution in [0.1, 0.15) is 6.92 Å². The Kier molecular flexibility index (Phi) is 2.71. The third-order valence-electron chi connectivity index (χ3n) is 2.34.